The second-order valence-corrected chi connectivity index (χ2v) is 2.94. The van der Waals surface area contributed by atoms with E-state index in [0.29, 0.717) is 0 Å². The maximum atomic E-state index is 12.5. The zero-order chi connectivity index (χ0) is 12.3. The van der Waals surface area contributed by atoms with E-state index in [9.17, 15) is 18.0 Å². The van der Waals surface area contributed by atoms with Crippen molar-refractivity contribution in [2.24, 2.45) is 0 Å². The first-order valence-electron chi connectivity index (χ1n) is 4.16. The number of alkyl halides is 3. The summed E-state index contributed by atoms with van der Waals surface area (Å²) in [5, 5.41) is 8.44. The SMILES string of the molecule is COc1cnc(CC(=O)O)c(C(F)(F)F)c1. The standard InChI is InChI=1S/C9H8F3NO3/c1-16-5-2-6(9(10,11)12)7(13-4-5)3-8(14)15/h2,4H,3H2,1H3,(H,14,15). The monoisotopic (exact) mass is 235 g/mol. The Labute approximate surface area is 88.7 Å². The lowest BCUT2D eigenvalue weighted by molar-refractivity contribution is -0.140. The molecule has 0 bridgehead atoms. The highest BCUT2D eigenvalue weighted by atomic mass is 19.4. The molecule has 0 unspecified atom stereocenters. The van der Waals surface area contributed by atoms with Crippen LogP contribution in [-0.4, -0.2) is 23.2 Å². The van der Waals surface area contributed by atoms with Gasteiger partial charge in [-0.05, 0) is 6.07 Å². The van der Waals surface area contributed by atoms with E-state index >= 15 is 0 Å². The van der Waals surface area contributed by atoms with Gasteiger partial charge in [0.15, 0.2) is 0 Å². The second kappa shape index (κ2) is 4.38. The number of aromatic nitrogens is 1. The molecular formula is C9H8F3NO3. The van der Waals surface area contributed by atoms with E-state index in [1.165, 1.54) is 7.11 Å². The molecule has 0 aromatic carbocycles. The van der Waals surface area contributed by atoms with Crippen LogP contribution in [0.5, 0.6) is 5.75 Å². The molecule has 0 aliphatic carbocycles. The molecule has 7 heteroatoms. The number of carboxylic acids is 1. The van der Waals surface area contributed by atoms with Gasteiger partial charge >= 0.3 is 12.1 Å². The number of hydrogen-bond acceptors (Lipinski definition) is 3. The van der Waals surface area contributed by atoms with Crippen LogP contribution in [0.15, 0.2) is 12.3 Å². The number of ether oxygens (including phenoxy) is 1. The van der Waals surface area contributed by atoms with E-state index in [1.54, 1.807) is 0 Å². The van der Waals surface area contributed by atoms with E-state index < -0.39 is 29.8 Å². The van der Waals surface area contributed by atoms with Crippen LogP contribution in [0.4, 0.5) is 13.2 Å². The zero-order valence-corrected chi connectivity index (χ0v) is 8.21. The number of hydrogen-bond donors (Lipinski definition) is 1. The summed E-state index contributed by atoms with van der Waals surface area (Å²) in [5.74, 6) is -1.44. The summed E-state index contributed by atoms with van der Waals surface area (Å²) < 4.78 is 42.2. The molecular weight excluding hydrogens is 227 g/mol. The highest BCUT2D eigenvalue weighted by Crippen LogP contribution is 2.33. The molecule has 1 N–H and O–H groups in total. The normalized spacial score (nSPS) is 11.2. The van der Waals surface area contributed by atoms with Crippen molar-refractivity contribution < 1.29 is 27.8 Å². The van der Waals surface area contributed by atoms with Crippen LogP contribution >= 0.6 is 0 Å². The number of methoxy groups -OCH3 is 1. The Hall–Kier alpha value is -1.79. The molecule has 0 aliphatic rings. The average molecular weight is 235 g/mol. The van der Waals surface area contributed by atoms with Gasteiger partial charge in [0.1, 0.15) is 5.75 Å². The molecule has 4 nitrogen and oxygen atoms in total. The van der Waals surface area contributed by atoms with Crippen LogP contribution in [0.2, 0.25) is 0 Å². The topological polar surface area (TPSA) is 59.4 Å². The van der Waals surface area contributed by atoms with E-state index in [4.69, 9.17) is 5.11 Å². The fraction of sp³-hybridized carbons (Fsp3) is 0.333. The summed E-state index contributed by atoms with van der Waals surface area (Å²) >= 11 is 0. The van der Waals surface area contributed by atoms with E-state index in [-0.39, 0.29) is 5.75 Å². The number of nitrogens with zero attached hydrogens (tertiary/aromatic N) is 1. The largest absolute Gasteiger partial charge is 0.495 e. The summed E-state index contributed by atoms with van der Waals surface area (Å²) in [5.41, 5.74) is -1.62. The fourth-order valence-electron chi connectivity index (χ4n) is 1.12. The third kappa shape index (κ3) is 2.85. The van der Waals surface area contributed by atoms with Crippen LogP contribution in [0.1, 0.15) is 11.3 Å². The summed E-state index contributed by atoms with van der Waals surface area (Å²) in [6, 6.07) is 0.727. The van der Waals surface area contributed by atoms with Crippen molar-refractivity contribution in [2.45, 2.75) is 12.6 Å². The van der Waals surface area contributed by atoms with Gasteiger partial charge in [-0.25, -0.2) is 0 Å². The lowest BCUT2D eigenvalue weighted by atomic mass is 10.1. The van der Waals surface area contributed by atoms with Crippen molar-refractivity contribution in [1.29, 1.82) is 0 Å². The van der Waals surface area contributed by atoms with Gasteiger partial charge < -0.3 is 9.84 Å². The molecule has 1 aromatic rings. The highest BCUT2D eigenvalue weighted by molar-refractivity contribution is 5.70. The van der Waals surface area contributed by atoms with Crippen LogP contribution in [0.3, 0.4) is 0 Å². The third-order valence-electron chi connectivity index (χ3n) is 1.80. The van der Waals surface area contributed by atoms with Crippen molar-refractivity contribution in [3.63, 3.8) is 0 Å². The third-order valence-corrected chi connectivity index (χ3v) is 1.80. The lowest BCUT2D eigenvalue weighted by Gasteiger charge is -2.11. The predicted octanol–water partition coefficient (Wildman–Crippen LogP) is 1.74. The van der Waals surface area contributed by atoms with E-state index in [1.807, 2.05) is 0 Å². The van der Waals surface area contributed by atoms with Gasteiger partial charge in [0, 0.05) is 0 Å². The molecule has 0 amide bonds. The zero-order valence-electron chi connectivity index (χ0n) is 8.21. The van der Waals surface area contributed by atoms with E-state index in [0.717, 1.165) is 12.3 Å². The quantitative estimate of drug-likeness (QED) is 0.866. The van der Waals surface area contributed by atoms with Crippen LogP contribution < -0.4 is 4.74 Å². The number of pyridine rings is 1. The van der Waals surface area contributed by atoms with E-state index in [2.05, 4.69) is 9.72 Å². The second-order valence-electron chi connectivity index (χ2n) is 2.94. The van der Waals surface area contributed by atoms with Crippen LogP contribution in [-0.2, 0) is 17.4 Å². The molecule has 1 aromatic heterocycles. The molecule has 0 fully saturated rings. The number of rotatable bonds is 3. The summed E-state index contributed by atoms with van der Waals surface area (Å²) in [4.78, 5) is 13.8. The van der Waals surface area contributed by atoms with Gasteiger partial charge in [-0.3, -0.25) is 9.78 Å². The van der Waals surface area contributed by atoms with Crippen molar-refractivity contribution in [3.8, 4) is 5.75 Å². The first kappa shape index (κ1) is 12.3. The van der Waals surface area contributed by atoms with Gasteiger partial charge in [0.25, 0.3) is 0 Å². The van der Waals surface area contributed by atoms with Crippen molar-refractivity contribution in [1.82, 2.24) is 4.98 Å². The molecule has 0 saturated carbocycles. The fourth-order valence-corrected chi connectivity index (χ4v) is 1.12. The molecule has 0 saturated heterocycles. The number of carboxylic acid groups (broad SMARTS) is 1. The summed E-state index contributed by atoms with van der Waals surface area (Å²) in [7, 11) is 1.20. The Morgan fingerprint density at radius 1 is 1.56 bits per heavy atom. The van der Waals surface area contributed by atoms with Gasteiger partial charge in [-0.15, -0.1) is 0 Å². The minimum atomic E-state index is -4.65. The van der Waals surface area contributed by atoms with Crippen molar-refractivity contribution >= 4 is 5.97 Å². The summed E-state index contributed by atoms with van der Waals surface area (Å²) in [6.07, 6.45) is -4.38. The molecule has 16 heavy (non-hydrogen) atoms. The maximum Gasteiger partial charge on any atom is 0.418 e. The van der Waals surface area contributed by atoms with Crippen LogP contribution in [0, 0.1) is 0 Å². The lowest BCUT2D eigenvalue weighted by Crippen LogP contribution is -2.14. The van der Waals surface area contributed by atoms with Crippen molar-refractivity contribution in [3.05, 3.63) is 23.5 Å². The minimum absolute atomic E-state index is 0.0681. The Bertz CT molecular complexity index is 403. The number of carbonyl (C=O) groups is 1. The Balaban J connectivity index is 3.22. The van der Waals surface area contributed by atoms with Gasteiger partial charge in [-0.1, -0.05) is 0 Å². The minimum Gasteiger partial charge on any atom is -0.495 e. The molecule has 1 heterocycles. The molecule has 0 atom stereocenters. The molecule has 88 valence electrons. The first-order chi connectivity index (χ1) is 7.34. The average Bonchev–Trinajstić information content (AvgIpc) is 2.15. The Kier molecular flexibility index (Phi) is 3.36. The first-order valence-corrected chi connectivity index (χ1v) is 4.16. The number of aliphatic carboxylic acids is 1. The Morgan fingerprint density at radius 3 is 2.62 bits per heavy atom. The molecule has 0 aliphatic heterocycles. The highest BCUT2D eigenvalue weighted by Gasteiger charge is 2.35. The Morgan fingerprint density at radius 2 is 2.19 bits per heavy atom. The smallest absolute Gasteiger partial charge is 0.418 e. The predicted molar refractivity (Wildman–Crippen MR) is 47.1 cm³/mol. The number of halogens is 3. The van der Waals surface area contributed by atoms with Crippen molar-refractivity contribution in [2.75, 3.05) is 7.11 Å². The maximum absolute atomic E-state index is 12.5. The molecule has 1 rings (SSSR count). The molecule has 0 spiro atoms. The summed E-state index contributed by atoms with van der Waals surface area (Å²) in [6.45, 7) is 0. The van der Waals surface area contributed by atoms with Crippen LogP contribution in [0.25, 0.3) is 0 Å². The van der Waals surface area contributed by atoms with Gasteiger partial charge in [0.05, 0.1) is 31.0 Å². The van der Waals surface area contributed by atoms with Gasteiger partial charge in [-0.2, -0.15) is 13.2 Å². The molecule has 0 radical (unpaired) electrons. The van der Waals surface area contributed by atoms with Gasteiger partial charge in [0.2, 0.25) is 0 Å².